The Hall–Kier alpha value is -1.95. The fraction of sp³-hybridized carbons (Fsp3) is 0.500. The second-order valence-corrected chi connectivity index (χ2v) is 5.66. The lowest BCUT2D eigenvalue weighted by Gasteiger charge is -2.27. The van der Waals surface area contributed by atoms with Gasteiger partial charge in [0, 0.05) is 11.8 Å². The quantitative estimate of drug-likeness (QED) is 0.831. The van der Waals surface area contributed by atoms with E-state index in [4.69, 9.17) is 19.9 Å². The molecule has 110 valence electrons. The number of anilines is 2. The summed E-state index contributed by atoms with van der Waals surface area (Å²) in [7, 11) is 0. The van der Waals surface area contributed by atoms with E-state index in [1.807, 2.05) is 0 Å². The number of nitrogens with two attached hydrogens (primary N) is 1. The van der Waals surface area contributed by atoms with Crippen LogP contribution in [0, 0.1) is 0 Å². The molecule has 0 aliphatic carbocycles. The monoisotopic (exact) mass is 280 g/mol. The summed E-state index contributed by atoms with van der Waals surface area (Å²) in [4.78, 5) is 11.7. The Morgan fingerprint density at radius 3 is 2.65 bits per heavy atom. The van der Waals surface area contributed by atoms with Crippen molar-refractivity contribution in [2.45, 2.75) is 32.5 Å². The van der Waals surface area contributed by atoms with Crippen molar-refractivity contribution >= 4 is 17.5 Å². The van der Waals surface area contributed by atoms with Gasteiger partial charge in [0.15, 0.2) is 0 Å². The van der Waals surface area contributed by atoms with Crippen molar-refractivity contribution in [1.29, 1.82) is 0 Å². The first-order valence-electron chi connectivity index (χ1n) is 6.47. The van der Waals surface area contributed by atoms with Gasteiger partial charge in [0.25, 0.3) is 0 Å². The largest absolute Gasteiger partial charge is 0.483 e. The van der Waals surface area contributed by atoms with Crippen LogP contribution in [0.4, 0.5) is 16.2 Å². The van der Waals surface area contributed by atoms with Crippen LogP contribution in [-0.4, -0.2) is 31.0 Å². The molecule has 1 aliphatic rings. The van der Waals surface area contributed by atoms with Crippen LogP contribution in [0.25, 0.3) is 0 Å². The summed E-state index contributed by atoms with van der Waals surface area (Å²) in [6, 6.07) is 5.06. The zero-order valence-corrected chi connectivity index (χ0v) is 11.9. The zero-order valence-electron chi connectivity index (χ0n) is 11.9. The van der Waals surface area contributed by atoms with Gasteiger partial charge in [-0.05, 0) is 32.9 Å². The molecule has 0 unspecified atom stereocenters. The molecule has 1 saturated heterocycles. The average molecular weight is 280 g/mol. The minimum Gasteiger partial charge on any atom is -0.483 e. The predicted octanol–water partition coefficient (Wildman–Crippen LogP) is 2.39. The second-order valence-electron chi connectivity index (χ2n) is 5.66. The number of amides is 1. The smallest absolute Gasteiger partial charge is 0.412 e. The van der Waals surface area contributed by atoms with Crippen molar-refractivity contribution in [3.63, 3.8) is 0 Å². The maximum absolute atomic E-state index is 11.7. The van der Waals surface area contributed by atoms with Crippen LogP contribution < -0.4 is 15.8 Å². The highest BCUT2D eigenvalue weighted by molar-refractivity contribution is 5.85. The van der Waals surface area contributed by atoms with Crippen molar-refractivity contribution in [3.8, 4) is 5.75 Å². The summed E-state index contributed by atoms with van der Waals surface area (Å²) >= 11 is 0. The van der Waals surface area contributed by atoms with Crippen LogP contribution >= 0.6 is 0 Å². The molecule has 1 aromatic carbocycles. The van der Waals surface area contributed by atoms with E-state index in [-0.39, 0.29) is 6.10 Å². The number of nitrogen functional groups attached to an aromatic ring is 1. The van der Waals surface area contributed by atoms with Gasteiger partial charge in [-0.15, -0.1) is 0 Å². The molecular weight excluding hydrogens is 260 g/mol. The summed E-state index contributed by atoms with van der Waals surface area (Å²) in [5, 5.41) is 2.65. The van der Waals surface area contributed by atoms with Gasteiger partial charge in [0.2, 0.25) is 0 Å². The van der Waals surface area contributed by atoms with E-state index in [1.54, 1.807) is 39.0 Å². The molecule has 0 aromatic heterocycles. The van der Waals surface area contributed by atoms with E-state index in [0.29, 0.717) is 30.3 Å². The molecule has 1 fully saturated rings. The molecule has 3 N–H and O–H groups in total. The Kier molecular flexibility index (Phi) is 4.04. The molecule has 0 radical (unpaired) electrons. The van der Waals surface area contributed by atoms with Crippen LogP contribution in [0.1, 0.15) is 20.8 Å². The van der Waals surface area contributed by atoms with Gasteiger partial charge < -0.3 is 19.9 Å². The molecule has 2 rings (SSSR count). The number of ether oxygens (including phenoxy) is 3. The number of carbonyl (C=O) groups excluding carboxylic acids is 1. The van der Waals surface area contributed by atoms with Gasteiger partial charge >= 0.3 is 6.09 Å². The molecule has 0 saturated carbocycles. The van der Waals surface area contributed by atoms with Gasteiger partial charge in [-0.25, -0.2) is 4.79 Å². The number of carbonyl (C=O) groups is 1. The Bertz CT molecular complexity index is 492. The lowest BCUT2D eigenvalue weighted by molar-refractivity contribution is -0.0793. The first kappa shape index (κ1) is 14.5. The minimum atomic E-state index is -0.541. The van der Waals surface area contributed by atoms with Gasteiger partial charge in [-0.2, -0.15) is 0 Å². The topological polar surface area (TPSA) is 82.8 Å². The van der Waals surface area contributed by atoms with Crippen molar-refractivity contribution in [2.75, 3.05) is 24.3 Å². The van der Waals surface area contributed by atoms with E-state index < -0.39 is 11.7 Å². The molecule has 1 amide bonds. The molecule has 1 aliphatic heterocycles. The molecule has 1 heterocycles. The number of nitrogens with one attached hydrogen (secondary N) is 1. The highest BCUT2D eigenvalue weighted by atomic mass is 16.6. The van der Waals surface area contributed by atoms with Gasteiger partial charge in [0.1, 0.15) is 17.5 Å². The fourth-order valence-corrected chi connectivity index (χ4v) is 1.60. The summed E-state index contributed by atoms with van der Waals surface area (Å²) in [5.74, 6) is 0.534. The SMILES string of the molecule is CC(C)(C)OC(=O)Nc1ccc(N)c(OC2COC2)c1. The molecule has 0 spiro atoms. The Morgan fingerprint density at radius 1 is 1.40 bits per heavy atom. The third kappa shape index (κ3) is 4.03. The van der Waals surface area contributed by atoms with E-state index in [2.05, 4.69) is 5.32 Å². The van der Waals surface area contributed by atoms with Crippen molar-refractivity contribution < 1.29 is 19.0 Å². The fourth-order valence-electron chi connectivity index (χ4n) is 1.60. The first-order valence-corrected chi connectivity index (χ1v) is 6.47. The van der Waals surface area contributed by atoms with Crippen molar-refractivity contribution in [3.05, 3.63) is 18.2 Å². The minimum absolute atomic E-state index is 0.0223. The predicted molar refractivity (Wildman–Crippen MR) is 75.9 cm³/mol. The highest BCUT2D eigenvalue weighted by Crippen LogP contribution is 2.28. The molecular formula is C14H20N2O4. The Morgan fingerprint density at radius 2 is 2.10 bits per heavy atom. The first-order chi connectivity index (χ1) is 9.33. The van der Waals surface area contributed by atoms with Crippen LogP contribution in [-0.2, 0) is 9.47 Å². The lowest BCUT2D eigenvalue weighted by atomic mass is 10.2. The third-order valence-electron chi connectivity index (χ3n) is 2.56. The summed E-state index contributed by atoms with van der Waals surface area (Å²) in [5.41, 5.74) is 6.39. The Labute approximate surface area is 118 Å². The van der Waals surface area contributed by atoms with E-state index >= 15 is 0 Å². The van der Waals surface area contributed by atoms with Crippen LogP contribution in [0.3, 0.4) is 0 Å². The number of rotatable bonds is 3. The summed E-state index contributed by atoms with van der Waals surface area (Å²) in [6.45, 7) is 6.54. The molecule has 6 heteroatoms. The van der Waals surface area contributed by atoms with Crippen LogP contribution in [0.5, 0.6) is 5.75 Å². The molecule has 0 atom stereocenters. The lowest BCUT2D eigenvalue weighted by Crippen LogP contribution is -2.38. The standard InChI is InChI=1S/C14H20N2O4/c1-14(2,3)20-13(17)16-9-4-5-11(15)12(6-9)19-10-7-18-8-10/h4-6,10H,7-8,15H2,1-3H3,(H,16,17). The van der Waals surface area contributed by atoms with Gasteiger partial charge in [0.05, 0.1) is 18.9 Å². The Balaban J connectivity index is 2.01. The van der Waals surface area contributed by atoms with E-state index in [9.17, 15) is 4.79 Å². The third-order valence-corrected chi connectivity index (χ3v) is 2.56. The summed E-state index contributed by atoms with van der Waals surface area (Å²) in [6.07, 6.45) is -0.491. The van der Waals surface area contributed by atoms with Gasteiger partial charge in [-0.1, -0.05) is 0 Å². The zero-order chi connectivity index (χ0) is 14.8. The second kappa shape index (κ2) is 5.58. The number of hydrogen-bond acceptors (Lipinski definition) is 5. The molecule has 0 bridgehead atoms. The molecule has 1 aromatic rings. The molecule has 20 heavy (non-hydrogen) atoms. The number of hydrogen-bond donors (Lipinski definition) is 2. The maximum atomic E-state index is 11.7. The molecule has 6 nitrogen and oxygen atoms in total. The van der Waals surface area contributed by atoms with Crippen LogP contribution in [0.15, 0.2) is 18.2 Å². The van der Waals surface area contributed by atoms with E-state index in [1.165, 1.54) is 0 Å². The number of benzene rings is 1. The van der Waals surface area contributed by atoms with Crippen LogP contribution in [0.2, 0.25) is 0 Å². The van der Waals surface area contributed by atoms with Crippen molar-refractivity contribution in [2.24, 2.45) is 0 Å². The summed E-state index contributed by atoms with van der Waals surface area (Å²) < 4.78 is 15.9. The average Bonchev–Trinajstić information content (AvgIpc) is 2.24. The van der Waals surface area contributed by atoms with Gasteiger partial charge in [-0.3, -0.25) is 5.32 Å². The normalized spacial score (nSPS) is 15.3. The van der Waals surface area contributed by atoms with Crippen molar-refractivity contribution in [1.82, 2.24) is 0 Å². The highest BCUT2D eigenvalue weighted by Gasteiger charge is 2.21. The van der Waals surface area contributed by atoms with E-state index in [0.717, 1.165) is 0 Å². The maximum Gasteiger partial charge on any atom is 0.412 e.